The predicted octanol–water partition coefficient (Wildman–Crippen LogP) is 2.95. The summed E-state index contributed by atoms with van der Waals surface area (Å²) in [7, 11) is 0. The van der Waals surface area contributed by atoms with E-state index in [1.165, 1.54) is 19.3 Å². The number of carboxylic acids is 1. The smallest absolute Gasteiger partial charge is 0.335 e. The quantitative estimate of drug-likeness (QED) is 0.911. The number of imidazole rings is 1. The molecule has 0 spiro atoms. The Morgan fingerprint density at radius 3 is 2.70 bits per heavy atom. The number of rotatable bonds is 2. The summed E-state index contributed by atoms with van der Waals surface area (Å²) in [5, 5.41) is 9.05. The van der Waals surface area contributed by atoms with Gasteiger partial charge in [0, 0.05) is 6.04 Å². The second-order valence-electron chi connectivity index (χ2n) is 6.64. The molecule has 3 aliphatic carbocycles. The molecule has 4 unspecified atom stereocenters. The summed E-state index contributed by atoms with van der Waals surface area (Å²) in [6, 6.07) is 5.92. The molecule has 3 saturated carbocycles. The highest BCUT2D eigenvalue weighted by molar-refractivity contribution is 5.92. The zero-order valence-electron chi connectivity index (χ0n) is 11.1. The summed E-state index contributed by atoms with van der Waals surface area (Å²) in [4.78, 5) is 15.4. The lowest BCUT2D eigenvalue weighted by atomic mass is 10.0. The summed E-state index contributed by atoms with van der Waals surface area (Å²) >= 11 is 0. The van der Waals surface area contributed by atoms with E-state index in [2.05, 4.69) is 9.55 Å². The maximum Gasteiger partial charge on any atom is 0.335 e. The Morgan fingerprint density at radius 2 is 2.00 bits per heavy atom. The zero-order chi connectivity index (χ0) is 13.4. The summed E-state index contributed by atoms with van der Waals surface area (Å²) in [5.41, 5.74) is 2.22. The van der Waals surface area contributed by atoms with E-state index >= 15 is 0 Å². The highest BCUT2D eigenvalue weighted by atomic mass is 16.4. The van der Waals surface area contributed by atoms with E-state index in [-0.39, 0.29) is 0 Å². The number of hydrogen-bond acceptors (Lipinski definition) is 2. The molecule has 2 aromatic rings. The number of fused-ring (bicyclic) bond motifs is 6. The van der Waals surface area contributed by atoms with Crippen LogP contribution in [0, 0.1) is 23.7 Å². The van der Waals surface area contributed by atoms with Gasteiger partial charge in [0.25, 0.3) is 0 Å². The van der Waals surface area contributed by atoms with Crippen LogP contribution in [0.25, 0.3) is 11.0 Å². The normalized spacial score (nSPS) is 37.3. The first kappa shape index (κ1) is 10.9. The Labute approximate surface area is 116 Å². The van der Waals surface area contributed by atoms with Crippen molar-refractivity contribution in [2.75, 3.05) is 0 Å². The number of carbonyl (C=O) groups is 1. The average molecular weight is 268 g/mol. The summed E-state index contributed by atoms with van der Waals surface area (Å²) in [6.07, 6.45) is 6.19. The minimum absolute atomic E-state index is 0.318. The van der Waals surface area contributed by atoms with Crippen molar-refractivity contribution in [2.24, 2.45) is 23.7 Å². The molecule has 0 amide bonds. The topological polar surface area (TPSA) is 55.1 Å². The third kappa shape index (κ3) is 1.22. The van der Waals surface area contributed by atoms with Gasteiger partial charge >= 0.3 is 5.97 Å². The van der Waals surface area contributed by atoms with Gasteiger partial charge < -0.3 is 9.67 Å². The van der Waals surface area contributed by atoms with Crippen LogP contribution in [0.15, 0.2) is 24.5 Å². The first-order valence-electron chi connectivity index (χ1n) is 7.44. The lowest BCUT2D eigenvalue weighted by molar-refractivity contribution is 0.0697. The second-order valence-corrected chi connectivity index (χ2v) is 6.64. The first-order valence-corrected chi connectivity index (χ1v) is 7.44. The van der Waals surface area contributed by atoms with Gasteiger partial charge in [-0.25, -0.2) is 9.78 Å². The molecule has 4 atom stereocenters. The number of hydrogen-bond donors (Lipinski definition) is 1. The Balaban J connectivity index is 1.56. The van der Waals surface area contributed by atoms with Crippen LogP contribution in [-0.2, 0) is 0 Å². The highest BCUT2D eigenvalue weighted by Gasteiger charge is 2.65. The number of benzene rings is 1. The summed E-state index contributed by atoms with van der Waals surface area (Å²) < 4.78 is 2.31. The summed E-state index contributed by atoms with van der Waals surface area (Å²) in [5.74, 6) is 2.72. The Morgan fingerprint density at radius 1 is 1.25 bits per heavy atom. The van der Waals surface area contributed by atoms with Gasteiger partial charge in [0.2, 0.25) is 0 Å². The van der Waals surface area contributed by atoms with Crippen LogP contribution in [0.4, 0.5) is 0 Å². The number of carboxylic acid groups (broad SMARTS) is 1. The fourth-order valence-electron chi connectivity index (χ4n) is 5.05. The minimum atomic E-state index is -0.886. The van der Waals surface area contributed by atoms with Crippen LogP contribution in [-0.4, -0.2) is 20.6 Å². The first-order chi connectivity index (χ1) is 9.74. The standard InChI is InChI=1S/C16H16N2O2/c19-16(20)10-3-4-12-11(6-10)17-7-18(12)15-13-8-1-2-9(5-8)14(13)15/h3-4,6-9,13-15H,1-2,5H2,(H,19,20). The number of nitrogens with zero attached hydrogens (tertiary/aromatic N) is 2. The van der Waals surface area contributed by atoms with Gasteiger partial charge in [-0.1, -0.05) is 0 Å². The van der Waals surface area contributed by atoms with Crippen molar-refractivity contribution < 1.29 is 9.90 Å². The molecule has 4 nitrogen and oxygen atoms in total. The molecule has 102 valence electrons. The average Bonchev–Trinajstić information content (AvgIpc) is 2.84. The van der Waals surface area contributed by atoms with E-state index in [9.17, 15) is 4.79 Å². The van der Waals surface area contributed by atoms with E-state index in [0.717, 1.165) is 34.7 Å². The Hall–Kier alpha value is -1.84. The molecule has 3 fully saturated rings. The largest absolute Gasteiger partial charge is 0.478 e. The van der Waals surface area contributed by atoms with Crippen molar-refractivity contribution in [3.05, 3.63) is 30.1 Å². The zero-order valence-corrected chi connectivity index (χ0v) is 11.1. The monoisotopic (exact) mass is 268 g/mol. The molecule has 1 N–H and O–H groups in total. The molecular weight excluding hydrogens is 252 g/mol. The molecule has 3 aliphatic rings. The van der Waals surface area contributed by atoms with Crippen LogP contribution >= 0.6 is 0 Å². The van der Waals surface area contributed by atoms with E-state index < -0.39 is 5.97 Å². The number of aromatic nitrogens is 2. The van der Waals surface area contributed by atoms with Crippen molar-refractivity contribution in [3.8, 4) is 0 Å². The van der Waals surface area contributed by atoms with Gasteiger partial charge in [0.15, 0.2) is 0 Å². The van der Waals surface area contributed by atoms with Crippen molar-refractivity contribution in [1.29, 1.82) is 0 Å². The molecule has 1 aromatic heterocycles. The SMILES string of the molecule is O=C(O)c1ccc2c(c1)ncn2C1C2C3CCC(C3)C21. The van der Waals surface area contributed by atoms with E-state index in [0.29, 0.717) is 11.6 Å². The van der Waals surface area contributed by atoms with Gasteiger partial charge in [-0.05, 0) is 61.1 Å². The van der Waals surface area contributed by atoms with Crippen molar-refractivity contribution in [2.45, 2.75) is 25.3 Å². The second kappa shape index (κ2) is 3.43. The molecular formula is C16H16N2O2. The Kier molecular flexibility index (Phi) is 1.87. The number of aromatic carboxylic acids is 1. The molecule has 0 radical (unpaired) electrons. The molecule has 0 aliphatic heterocycles. The molecule has 0 saturated heterocycles. The van der Waals surface area contributed by atoms with E-state index in [1.807, 2.05) is 12.4 Å². The van der Waals surface area contributed by atoms with E-state index in [1.54, 1.807) is 12.1 Å². The van der Waals surface area contributed by atoms with Gasteiger partial charge in [-0.3, -0.25) is 0 Å². The third-order valence-corrected chi connectivity index (χ3v) is 5.84. The van der Waals surface area contributed by atoms with Crippen molar-refractivity contribution in [3.63, 3.8) is 0 Å². The van der Waals surface area contributed by atoms with Crippen LogP contribution in [0.5, 0.6) is 0 Å². The molecule has 1 aromatic carbocycles. The van der Waals surface area contributed by atoms with Crippen LogP contribution in [0.2, 0.25) is 0 Å². The fourth-order valence-corrected chi connectivity index (χ4v) is 5.05. The van der Waals surface area contributed by atoms with Gasteiger partial charge in [-0.2, -0.15) is 0 Å². The van der Waals surface area contributed by atoms with Crippen molar-refractivity contribution >= 4 is 17.0 Å². The lowest BCUT2D eigenvalue weighted by Gasteiger charge is -2.10. The van der Waals surface area contributed by atoms with Crippen LogP contribution < -0.4 is 0 Å². The highest BCUT2D eigenvalue weighted by Crippen LogP contribution is 2.71. The Bertz CT molecular complexity index is 719. The van der Waals surface area contributed by atoms with Gasteiger partial charge in [0.1, 0.15) is 0 Å². The van der Waals surface area contributed by atoms with Crippen LogP contribution in [0.3, 0.4) is 0 Å². The summed E-state index contributed by atoms with van der Waals surface area (Å²) in [6.45, 7) is 0. The third-order valence-electron chi connectivity index (χ3n) is 5.84. The maximum absolute atomic E-state index is 11.0. The molecule has 4 heteroatoms. The maximum atomic E-state index is 11.0. The van der Waals surface area contributed by atoms with E-state index in [4.69, 9.17) is 5.11 Å². The fraction of sp³-hybridized carbons (Fsp3) is 0.500. The minimum Gasteiger partial charge on any atom is -0.478 e. The molecule has 5 rings (SSSR count). The van der Waals surface area contributed by atoms with Crippen molar-refractivity contribution in [1.82, 2.24) is 9.55 Å². The van der Waals surface area contributed by atoms with Gasteiger partial charge in [0.05, 0.1) is 22.9 Å². The van der Waals surface area contributed by atoms with Crippen LogP contribution in [0.1, 0.15) is 35.7 Å². The predicted molar refractivity (Wildman–Crippen MR) is 73.5 cm³/mol. The molecule has 1 heterocycles. The molecule has 2 bridgehead atoms. The molecule has 20 heavy (non-hydrogen) atoms. The van der Waals surface area contributed by atoms with Gasteiger partial charge in [-0.15, -0.1) is 0 Å². The lowest BCUT2D eigenvalue weighted by Crippen LogP contribution is -2.04.